The molecule has 218 valence electrons. The van der Waals surface area contributed by atoms with Crippen molar-refractivity contribution in [2.45, 2.75) is 56.5 Å². The third-order valence-electron chi connectivity index (χ3n) is 9.23. The molecule has 2 saturated carbocycles. The average molecular weight is 579 g/mol. The number of hydrogen-bond acceptors (Lipinski definition) is 8. The quantitative estimate of drug-likeness (QED) is 0.318. The van der Waals surface area contributed by atoms with E-state index in [1.165, 1.54) is 0 Å². The predicted molar refractivity (Wildman–Crippen MR) is 155 cm³/mol. The number of aryl methyl sites for hydroxylation is 1. The van der Waals surface area contributed by atoms with E-state index in [4.69, 9.17) is 10.1 Å². The van der Waals surface area contributed by atoms with Gasteiger partial charge in [0.15, 0.2) is 0 Å². The van der Waals surface area contributed by atoms with Crippen LogP contribution in [0, 0.1) is 5.92 Å². The number of carbonyl (C=O) groups is 4. The van der Waals surface area contributed by atoms with Crippen LogP contribution >= 0.6 is 0 Å². The summed E-state index contributed by atoms with van der Waals surface area (Å²) >= 11 is 0. The molecule has 8 rings (SSSR count). The Morgan fingerprint density at radius 1 is 0.977 bits per heavy atom. The number of imidazole rings is 1. The number of nitrogens with zero attached hydrogens (tertiary/aromatic N) is 6. The van der Waals surface area contributed by atoms with Crippen molar-refractivity contribution in [2.24, 2.45) is 13.0 Å². The Balaban J connectivity index is 0.925. The van der Waals surface area contributed by atoms with E-state index in [1.807, 2.05) is 17.8 Å². The van der Waals surface area contributed by atoms with Gasteiger partial charge in [-0.3, -0.25) is 39.1 Å². The summed E-state index contributed by atoms with van der Waals surface area (Å²) in [6.45, 7) is 0.733. The fraction of sp³-hybridized carbons (Fsp3) is 0.387. The summed E-state index contributed by atoms with van der Waals surface area (Å²) in [6.07, 6.45) is 10.3. The van der Waals surface area contributed by atoms with Crippen molar-refractivity contribution in [3.8, 4) is 11.3 Å². The Hall–Kier alpha value is -4.87. The monoisotopic (exact) mass is 578 g/mol. The molecule has 1 saturated heterocycles. The van der Waals surface area contributed by atoms with Gasteiger partial charge in [0.25, 0.3) is 11.8 Å². The summed E-state index contributed by atoms with van der Waals surface area (Å²) in [6, 6.07) is 6.56. The van der Waals surface area contributed by atoms with Crippen LogP contribution in [0.3, 0.4) is 0 Å². The summed E-state index contributed by atoms with van der Waals surface area (Å²) in [5, 5.41) is 10.7. The van der Waals surface area contributed by atoms with Gasteiger partial charge < -0.3 is 9.88 Å². The van der Waals surface area contributed by atoms with E-state index in [-0.39, 0.29) is 24.0 Å². The second-order valence-corrected chi connectivity index (χ2v) is 12.2. The number of hydrogen-bond donors (Lipinski definition) is 2. The molecular formula is C31H30N8O4. The van der Waals surface area contributed by atoms with Crippen LogP contribution in [0.1, 0.15) is 76.9 Å². The molecule has 0 bridgehead atoms. The molecule has 4 aromatic rings. The maximum absolute atomic E-state index is 13.1. The Morgan fingerprint density at radius 2 is 1.79 bits per heavy atom. The van der Waals surface area contributed by atoms with Crippen molar-refractivity contribution < 1.29 is 19.2 Å². The third kappa shape index (κ3) is 4.31. The molecule has 5 heterocycles. The number of amides is 4. The number of piperidine rings is 1. The summed E-state index contributed by atoms with van der Waals surface area (Å²) < 4.78 is 4.13. The van der Waals surface area contributed by atoms with E-state index in [0.717, 1.165) is 70.8 Å². The van der Waals surface area contributed by atoms with Crippen LogP contribution in [0.5, 0.6) is 0 Å². The van der Waals surface area contributed by atoms with Gasteiger partial charge in [-0.25, -0.2) is 4.98 Å². The van der Waals surface area contributed by atoms with E-state index in [1.54, 1.807) is 24.5 Å². The minimum Gasteiger partial charge on any atom is -0.385 e. The van der Waals surface area contributed by atoms with E-state index in [2.05, 4.69) is 32.6 Å². The molecule has 43 heavy (non-hydrogen) atoms. The molecule has 2 aliphatic carbocycles. The molecule has 4 aliphatic rings. The maximum atomic E-state index is 13.1. The molecule has 12 nitrogen and oxygen atoms in total. The molecular weight excluding hydrogens is 548 g/mol. The summed E-state index contributed by atoms with van der Waals surface area (Å²) in [7, 11) is 1.99. The Kier molecular flexibility index (Phi) is 5.75. The first-order valence-corrected chi connectivity index (χ1v) is 14.8. The zero-order valence-corrected chi connectivity index (χ0v) is 23.6. The predicted octanol–water partition coefficient (Wildman–Crippen LogP) is 3.17. The lowest BCUT2D eigenvalue weighted by atomic mass is 9.80. The largest absolute Gasteiger partial charge is 0.385 e. The topological polar surface area (TPSA) is 144 Å². The van der Waals surface area contributed by atoms with Gasteiger partial charge in [0.2, 0.25) is 11.8 Å². The zero-order chi connectivity index (χ0) is 29.4. The van der Waals surface area contributed by atoms with Crippen LogP contribution in [-0.2, 0) is 16.6 Å². The first-order valence-electron chi connectivity index (χ1n) is 14.8. The molecule has 0 radical (unpaired) electrons. The van der Waals surface area contributed by atoms with Crippen molar-refractivity contribution in [2.75, 3.05) is 11.9 Å². The van der Waals surface area contributed by atoms with Crippen LogP contribution in [-0.4, -0.2) is 65.4 Å². The van der Waals surface area contributed by atoms with Crippen molar-refractivity contribution in [3.05, 3.63) is 59.8 Å². The second-order valence-electron chi connectivity index (χ2n) is 12.2. The van der Waals surface area contributed by atoms with Crippen molar-refractivity contribution >= 4 is 40.3 Å². The zero-order valence-electron chi connectivity index (χ0n) is 23.6. The third-order valence-corrected chi connectivity index (χ3v) is 9.23. The lowest BCUT2D eigenvalue weighted by molar-refractivity contribution is -0.136. The highest BCUT2D eigenvalue weighted by molar-refractivity contribution is 6.23. The average Bonchev–Trinajstić information content (AvgIpc) is 3.56. The number of anilines is 1. The van der Waals surface area contributed by atoms with Crippen molar-refractivity contribution in [1.29, 1.82) is 0 Å². The number of imide groups is 2. The summed E-state index contributed by atoms with van der Waals surface area (Å²) in [5.41, 5.74) is 6.42. The van der Waals surface area contributed by atoms with Gasteiger partial charge in [-0.15, -0.1) is 0 Å². The van der Waals surface area contributed by atoms with E-state index < -0.39 is 29.7 Å². The number of benzene rings is 1. The molecule has 1 unspecified atom stereocenters. The van der Waals surface area contributed by atoms with Gasteiger partial charge in [0, 0.05) is 43.4 Å². The SMILES string of the molecule is Cn1cnc2cnc(-c3cn([C@H]4C[C@H](CNc5ccc6c(c5)C(=O)N(C5CCC(=O)NC5=O)C6=O)C4)nc3C3CC3)cc21. The first kappa shape index (κ1) is 25.8. The van der Waals surface area contributed by atoms with Crippen LogP contribution < -0.4 is 10.6 Å². The molecule has 3 aromatic heterocycles. The summed E-state index contributed by atoms with van der Waals surface area (Å²) in [4.78, 5) is 60.0. The van der Waals surface area contributed by atoms with Crippen molar-refractivity contribution in [1.82, 2.24) is 34.5 Å². The van der Waals surface area contributed by atoms with Gasteiger partial charge in [0.1, 0.15) is 11.6 Å². The standard InChI is InChI=1S/C31H30N8O4/c1-37-15-34-24-13-33-23(11-26(24)37)22-14-38(36-28(22)17-2-3-17)19-8-16(9-19)12-32-18-4-5-20-21(10-18)31(43)39(30(20)42)25-6-7-27(40)35-29(25)41/h4-5,10-11,13-17,19,25,32H,2-3,6-9,12H2,1H3,(H,35,40,41)/t16-,19-,25?. The minimum absolute atomic E-state index is 0.0959. The fourth-order valence-corrected chi connectivity index (χ4v) is 6.55. The van der Waals surface area contributed by atoms with Crippen LogP contribution in [0.2, 0.25) is 0 Å². The lowest BCUT2D eigenvalue weighted by Gasteiger charge is -2.35. The van der Waals surface area contributed by atoms with E-state index in [9.17, 15) is 19.2 Å². The van der Waals surface area contributed by atoms with Gasteiger partial charge in [-0.2, -0.15) is 5.10 Å². The molecule has 4 amide bonds. The van der Waals surface area contributed by atoms with Gasteiger partial charge in [-0.1, -0.05) is 0 Å². The second kappa shape index (κ2) is 9.58. The number of fused-ring (bicyclic) bond motifs is 2. The maximum Gasteiger partial charge on any atom is 0.262 e. The lowest BCUT2D eigenvalue weighted by Crippen LogP contribution is -2.54. The molecule has 1 atom stereocenters. The highest BCUT2D eigenvalue weighted by Crippen LogP contribution is 2.45. The normalized spacial score (nSPS) is 23.5. The number of nitrogens with one attached hydrogen (secondary N) is 2. The van der Waals surface area contributed by atoms with Crippen LogP contribution in [0.25, 0.3) is 22.3 Å². The molecule has 2 aliphatic heterocycles. The summed E-state index contributed by atoms with van der Waals surface area (Å²) in [5.74, 6) is -1.06. The molecule has 2 N–H and O–H groups in total. The number of pyridine rings is 1. The molecule has 0 spiro atoms. The Bertz CT molecular complexity index is 1850. The number of rotatable bonds is 7. The van der Waals surface area contributed by atoms with Gasteiger partial charge in [-0.05, 0) is 62.3 Å². The van der Waals surface area contributed by atoms with Gasteiger partial charge in [0.05, 0.1) is 46.6 Å². The Morgan fingerprint density at radius 3 is 2.58 bits per heavy atom. The van der Waals surface area contributed by atoms with Crippen molar-refractivity contribution in [3.63, 3.8) is 0 Å². The van der Waals surface area contributed by atoms with E-state index >= 15 is 0 Å². The van der Waals surface area contributed by atoms with Crippen LogP contribution in [0.4, 0.5) is 5.69 Å². The van der Waals surface area contributed by atoms with Crippen LogP contribution in [0.15, 0.2) is 43.0 Å². The highest BCUT2D eigenvalue weighted by atomic mass is 16.2. The molecule has 1 aromatic carbocycles. The number of carbonyl (C=O) groups excluding carboxylic acids is 4. The number of aromatic nitrogens is 5. The molecule has 3 fully saturated rings. The minimum atomic E-state index is -0.967. The van der Waals surface area contributed by atoms with Gasteiger partial charge >= 0.3 is 0 Å². The highest BCUT2D eigenvalue weighted by Gasteiger charge is 2.44. The first-order chi connectivity index (χ1) is 20.8. The molecule has 12 heteroatoms. The van der Waals surface area contributed by atoms with E-state index in [0.29, 0.717) is 17.9 Å². The smallest absolute Gasteiger partial charge is 0.262 e. The Labute approximate surface area is 246 Å². The fourth-order valence-electron chi connectivity index (χ4n) is 6.55.